The highest BCUT2D eigenvalue weighted by Gasteiger charge is 2.09. The summed E-state index contributed by atoms with van der Waals surface area (Å²) in [6, 6.07) is -0.0277. The van der Waals surface area contributed by atoms with Gasteiger partial charge >= 0.3 is 0 Å². The molecule has 0 saturated carbocycles. The van der Waals surface area contributed by atoms with Gasteiger partial charge in [0.05, 0.1) is 12.0 Å². The molecule has 21 heavy (non-hydrogen) atoms. The zero-order chi connectivity index (χ0) is 16.5. The van der Waals surface area contributed by atoms with E-state index in [-0.39, 0.29) is 11.8 Å². The molecule has 0 rings (SSSR count). The molecule has 0 bridgehead atoms. The topological polar surface area (TPSA) is 117 Å². The summed E-state index contributed by atoms with van der Waals surface area (Å²) in [7, 11) is -4.50. The van der Waals surface area contributed by atoms with Gasteiger partial charge in [-0.05, 0) is 19.8 Å². The van der Waals surface area contributed by atoms with Crippen molar-refractivity contribution in [2.75, 3.05) is 38.4 Å². The Balaban J connectivity index is 3.96. The first-order valence-corrected chi connectivity index (χ1v) is 10.6. The monoisotopic (exact) mass is 342 g/mol. The van der Waals surface area contributed by atoms with Gasteiger partial charge in [0.2, 0.25) is 10.0 Å². The van der Waals surface area contributed by atoms with Crippen molar-refractivity contribution in [1.29, 1.82) is 0 Å². The molecule has 126 valence electrons. The average molecular weight is 342 g/mol. The summed E-state index contributed by atoms with van der Waals surface area (Å²) in [6.07, 6.45) is 3.44. The fraction of sp³-hybridized carbons (Fsp3) is 0.909. The molecule has 10 heteroatoms. The van der Waals surface area contributed by atoms with Gasteiger partial charge in [-0.25, -0.2) is 21.6 Å². The summed E-state index contributed by atoms with van der Waals surface area (Å²) in [5.41, 5.74) is 0. The smallest absolute Gasteiger partial charge is 0.208 e. The van der Waals surface area contributed by atoms with E-state index in [0.29, 0.717) is 31.9 Å². The number of sulfone groups is 1. The Morgan fingerprint density at radius 3 is 2.24 bits per heavy atom. The molecular weight excluding hydrogens is 316 g/mol. The van der Waals surface area contributed by atoms with Crippen LogP contribution < -0.4 is 15.4 Å². The predicted molar refractivity (Wildman–Crippen MR) is 85.8 cm³/mol. The first kappa shape index (κ1) is 20.1. The van der Waals surface area contributed by atoms with Crippen LogP contribution in [0.1, 0.15) is 19.8 Å². The molecular formula is C11H26N4O4S2. The zero-order valence-corrected chi connectivity index (χ0v) is 14.6. The Kier molecular flexibility index (Phi) is 8.83. The maximum Gasteiger partial charge on any atom is 0.208 e. The Hall–Kier alpha value is -0.870. The largest absolute Gasteiger partial charge is 0.356 e. The number of nitrogens with one attached hydrogen (secondary N) is 3. The van der Waals surface area contributed by atoms with Crippen LogP contribution >= 0.6 is 0 Å². The van der Waals surface area contributed by atoms with E-state index in [1.54, 1.807) is 7.05 Å². The van der Waals surface area contributed by atoms with Crippen LogP contribution in [0.15, 0.2) is 4.99 Å². The van der Waals surface area contributed by atoms with E-state index in [1.165, 1.54) is 6.26 Å². The first-order chi connectivity index (χ1) is 9.53. The fourth-order valence-electron chi connectivity index (χ4n) is 1.44. The number of guanidine groups is 1. The van der Waals surface area contributed by atoms with E-state index in [0.717, 1.165) is 6.26 Å². The summed E-state index contributed by atoms with van der Waals surface area (Å²) in [5.74, 6) is 0.687. The third-order valence-electron chi connectivity index (χ3n) is 2.54. The lowest BCUT2D eigenvalue weighted by atomic mass is 10.3. The third kappa shape index (κ3) is 13.9. The summed E-state index contributed by atoms with van der Waals surface area (Å²) in [4.78, 5) is 4.03. The molecule has 0 aromatic carbocycles. The Morgan fingerprint density at radius 2 is 1.76 bits per heavy atom. The minimum absolute atomic E-state index is 0.0277. The van der Waals surface area contributed by atoms with Crippen LogP contribution in [0.3, 0.4) is 0 Å². The van der Waals surface area contributed by atoms with E-state index in [9.17, 15) is 16.8 Å². The number of sulfonamides is 1. The molecule has 0 aliphatic carbocycles. The lowest BCUT2D eigenvalue weighted by Crippen LogP contribution is -2.43. The number of rotatable bonds is 9. The van der Waals surface area contributed by atoms with E-state index in [4.69, 9.17) is 0 Å². The average Bonchev–Trinajstić information content (AvgIpc) is 2.32. The van der Waals surface area contributed by atoms with Crippen molar-refractivity contribution in [2.45, 2.75) is 25.8 Å². The molecule has 3 N–H and O–H groups in total. The molecule has 0 spiro atoms. The van der Waals surface area contributed by atoms with Gasteiger partial charge in [-0.3, -0.25) is 4.99 Å². The van der Waals surface area contributed by atoms with Crippen LogP contribution in [0.2, 0.25) is 0 Å². The van der Waals surface area contributed by atoms with Crippen LogP contribution in [-0.4, -0.2) is 67.2 Å². The molecule has 0 aromatic heterocycles. The van der Waals surface area contributed by atoms with Crippen LogP contribution in [0.25, 0.3) is 0 Å². The highest BCUT2D eigenvalue weighted by atomic mass is 32.2. The van der Waals surface area contributed by atoms with Gasteiger partial charge in [-0.15, -0.1) is 0 Å². The number of aliphatic imine (C=N–C) groups is 1. The van der Waals surface area contributed by atoms with Crippen molar-refractivity contribution >= 4 is 25.8 Å². The lowest BCUT2D eigenvalue weighted by molar-refractivity contribution is 0.577. The summed E-state index contributed by atoms with van der Waals surface area (Å²) >= 11 is 0. The van der Waals surface area contributed by atoms with Crippen molar-refractivity contribution in [1.82, 2.24) is 15.4 Å². The molecule has 0 saturated heterocycles. The standard InChI is InChI=1S/C11H26N4O4S2/c1-10(6-9-20(3,16)17)15-11(12-2)13-7-5-8-14-21(4,18)19/h10,14H,5-9H2,1-4H3,(H2,12,13,15). The van der Waals surface area contributed by atoms with Crippen molar-refractivity contribution in [3.8, 4) is 0 Å². The van der Waals surface area contributed by atoms with Gasteiger partial charge in [0.15, 0.2) is 5.96 Å². The second kappa shape index (κ2) is 9.21. The molecule has 0 amide bonds. The maximum absolute atomic E-state index is 11.1. The summed E-state index contributed by atoms with van der Waals surface area (Å²) in [5, 5.41) is 6.12. The third-order valence-corrected chi connectivity index (χ3v) is 4.24. The van der Waals surface area contributed by atoms with Crippen molar-refractivity contribution in [2.24, 2.45) is 4.99 Å². The van der Waals surface area contributed by atoms with Crippen molar-refractivity contribution in [3.05, 3.63) is 0 Å². The Morgan fingerprint density at radius 1 is 1.14 bits per heavy atom. The minimum Gasteiger partial charge on any atom is -0.356 e. The molecule has 0 aliphatic rings. The second-order valence-electron chi connectivity index (χ2n) is 4.98. The molecule has 0 fully saturated rings. The number of hydrogen-bond acceptors (Lipinski definition) is 5. The molecule has 0 heterocycles. The summed E-state index contributed by atoms with van der Waals surface area (Å²) in [6.45, 7) is 2.79. The maximum atomic E-state index is 11.1. The molecule has 1 atom stereocenters. The van der Waals surface area contributed by atoms with Gasteiger partial charge in [0.1, 0.15) is 9.84 Å². The Labute approximate surface area is 127 Å². The van der Waals surface area contributed by atoms with Crippen LogP contribution in [-0.2, 0) is 19.9 Å². The number of nitrogens with zero attached hydrogens (tertiary/aromatic N) is 1. The van der Waals surface area contributed by atoms with E-state index in [2.05, 4.69) is 20.3 Å². The van der Waals surface area contributed by atoms with E-state index in [1.807, 2.05) is 6.92 Å². The second-order valence-corrected chi connectivity index (χ2v) is 9.08. The molecule has 1 unspecified atom stereocenters. The van der Waals surface area contributed by atoms with Crippen LogP contribution in [0.5, 0.6) is 0 Å². The van der Waals surface area contributed by atoms with Gasteiger partial charge < -0.3 is 10.6 Å². The van der Waals surface area contributed by atoms with Crippen LogP contribution in [0.4, 0.5) is 0 Å². The van der Waals surface area contributed by atoms with Crippen molar-refractivity contribution < 1.29 is 16.8 Å². The Bertz CT molecular complexity index is 528. The normalized spacial score (nSPS) is 14.8. The van der Waals surface area contributed by atoms with Crippen LogP contribution in [0, 0.1) is 0 Å². The highest BCUT2D eigenvalue weighted by molar-refractivity contribution is 7.90. The van der Waals surface area contributed by atoms with Gasteiger partial charge in [0, 0.05) is 32.4 Å². The predicted octanol–water partition coefficient (Wildman–Crippen LogP) is -1.09. The zero-order valence-electron chi connectivity index (χ0n) is 13.0. The fourth-order valence-corrected chi connectivity index (χ4v) is 2.74. The van der Waals surface area contributed by atoms with Crippen molar-refractivity contribution in [3.63, 3.8) is 0 Å². The summed E-state index contributed by atoms with van der Waals surface area (Å²) < 4.78 is 46.3. The highest BCUT2D eigenvalue weighted by Crippen LogP contribution is 1.95. The lowest BCUT2D eigenvalue weighted by Gasteiger charge is -2.17. The van der Waals surface area contributed by atoms with Gasteiger partial charge in [-0.2, -0.15) is 0 Å². The SMILES string of the molecule is CN=C(NCCCNS(C)(=O)=O)NC(C)CCS(C)(=O)=O. The molecule has 0 aliphatic heterocycles. The number of hydrogen-bond donors (Lipinski definition) is 3. The van der Waals surface area contributed by atoms with E-state index >= 15 is 0 Å². The minimum atomic E-state index is -3.15. The molecule has 8 nitrogen and oxygen atoms in total. The van der Waals surface area contributed by atoms with E-state index < -0.39 is 19.9 Å². The first-order valence-electron chi connectivity index (χ1n) is 6.63. The van der Waals surface area contributed by atoms with Gasteiger partial charge in [0.25, 0.3) is 0 Å². The molecule has 0 radical (unpaired) electrons. The molecule has 0 aromatic rings. The van der Waals surface area contributed by atoms with Gasteiger partial charge in [-0.1, -0.05) is 0 Å². The quantitative estimate of drug-likeness (QED) is 0.279.